The second kappa shape index (κ2) is 11.3. The van der Waals surface area contributed by atoms with Crippen LogP contribution in [-0.2, 0) is 13.2 Å². The van der Waals surface area contributed by atoms with E-state index in [1.807, 2.05) is 44.2 Å². The standard InChI is InChI=1S/C26H31NO5/c1-5-29-23-13-7-19(15-25(23)30-6-2)16-27-26(28)24-14-12-22(32-24)17-31-21-10-8-20(9-11-21)18(3)4/h7-15,18H,5-6,16-17H2,1-4H3,(H,27,28). The first-order valence-corrected chi connectivity index (χ1v) is 11.0. The van der Waals surface area contributed by atoms with E-state index in [0.29, 0.717) is 42.9 Å². The lowest BCUT2D eigenvalue weighted by atomic mass is 10.0. The first-order chi connectivity index (χ1) is 15.5. The van der Waals surface area contributed by atoms with Gasteiger partial charge in [-0.15, -0.1) is 0 Å². The Kier molecular flexibility index (Phi) is 8.20. The molecule has 170 valence electrons. The minimum Gasteiger partial charge on any atom is -0.490 e. The number of ether oxygens (including phenoxy) is 3. The summed E-state index contributed by atoms with van der Waals surface area (Å²) in [6.45, 7) is 9.85. The maximum Gasteiger partial charge on any atom is 0.287 e. The Morgan fingerprint density at radius 3 is 2.31 bits per heavy atom. The molecule has 0 saturated carbocycles. The number of carbonyl (C=O) groups is 1. The highest BCUT2D eigenvalue weighted by atomic mass is 16.5. The summed E-state index contributed by atoms with van der Waals surface area (Å²) in [7, 11) is 0. The van der Waals surface area contributed by atoms with E-state index in [1.54, 1.807) is 12.1 Å². The van der Waals surface area contributed by atoms with Gasteiger partial charge in [-0.25, -0.2) is 0 Å². The predicted octanol–water partition coefficient (Wildman–Crippen LogP) is 5.71. The van der Waals surface area contributed by atoms with E-state index in [0.717, 1.165) is 11.3 Å². The summed E-state index contributed by atoms with van der Waals surface area (Å²) in [5.74, 6) is 3.14. The van der Waals surface area contributed by atoms with Gasteiger partial charge in [0.15, 0.2) is 17.3 Å². The number of benzene rings is 2. The maximum absolute atomic E-state index is 12.5. The van der Waals surface area contributed by atoms with Gasteiger partial charge in [-0.3, -0.25) is 4.79 Å². The number of rotatable bonds is 11. The second-order valence-electron chi connectivity index (χ2n) is 7.61. The van der Waals surface area contributed by atoms with Crippen LogP contribution >= 0.6 is 0 Å². The minimum atomic E-state index is -0.288. The van der Waals surface area contributed by atoms with Crippen LogP contribution in [0.25, 0.3) is 0 Å². The van der Waals surface area contributed by atoms with Gasteiger partial charge in [0.2, 0.25) is 0 Å². The average Bonchev–Trinajstić information content (AvgIpc) is 3.27. The number of furan rings is 1. The molecule has 2 aromatic carbocycles. The fraction of sp³-hybridized carbons (Fsp3) is 0.346. The monoisotopic (exact) mass is 437 g/mol. The molecule has 1 amide bonds. The van der Waals surface area contributed by atoms with Crippen molar-refractivity contribution in [1.82, 2.24) is 5.32 Å². The highest BCUT2D eigenvalue weighted by molar-refractivity contribution is 5.91. The van der Waals surface area contributed by atoms with Crippen molar-refractivity contribution in [2.75, 3.05) is 13.2 Å². The van der Waals surface area contributed by atoms with Crippen LogP contribution in [0.2, 0.25) is 0 Å². The highest BCUT2D eigenvalue weighted by Crippen LogP contribution is 2.28. The van der Waals surface area contributed by atoms with Crippen LogP contribution in [-0.4, -0.2) is 19.1 Å². The van der Waals surface area contributed by atoms with Crippen molar-refractivity contribution in [2.24, 2.45) is 0 Å². The average molecular weight is 438 g/mol. The molecule has 6 heteroatoms. The van der Waals surface area contributed by atoms with E-state index in [2.05, 4.69) is 31.3 Å². The molecule has 6 nitrogen and oxygen atoms in total. The molecule has 0 fully saturated rings. The summed E-state index contributed by atoms with van der Waals surface area (Å²) < 4.78 is 22.6. The molecule has 0 spiro atoms. The van der Waals surface area contributed by atoms with Gasteiger partial charge in [0.05, 0.1) is 13.2 Å². The minimum absolute atomic E-state index is 0.245. The van der Waals surface area contributed by atoms with Crippen molar-refractivity contribution in [2.45, 2.75) is 46.8 Å². The van der Waals surface area contributed by atoms with Crippen molar-refractivity contribution in [3.8, 4) is 17.2 Å². The number of hydrogen-bond acceptors (Lipinski definition) is 5. The van der Waals surface area contributed by atoms with Crippen LogP contribution in [0.15, 0.2) is 59.0 Å². The zero-order valence-corrected chi connectivity index (χ0v) is 19.1. The summed E-state index contributed by atoms with van der Waals surface area (Å²) in [6, 6.07) is 17.0. The summed E-state index contributed by atoms with van der Waals surface area (Å²) >= 11 is 0. The third-order valence-electron chi connectivity index (χ3n) is 4.87. The van der Waals surface area contributed by atoms with E-state index < -0.39 is 0 Å². The van der Waals surface area contributed by atoms with Crippen LogP contribution in [0.5, 0.6) is 17.2 Å². The summed E-state index contributed by atoms with van der Waals surface area (Å²) in [5.41, 5.74) is 2.17. The molecule has 3 aromatic rings. The molecule has 0 radical (unpaired) electrons. The topological polar surface area (TPSA) is 69.9 Å². The van der Waals surface area contributed by atoms with Crippen LogP contribution in [0.3, 0.4) is 0 Å². The van der Waals surface area contributed by atoms with Gasteiger partial charge < -0.3 is 23.9 Å². The zero-order chi connectivity index (χ0) is 22.9. The predicted molar refractivity (Wildman–Crippen MR) is 124 cm³/mol. The Bertz CT molecular complexity index is 1010. The molecule has 0 aliphatic rings. The Morgan fingerprint density at radius 2 is 1.62 bits per heavy atom. The summed E-state index contributed by atoms with van der Waals surface area (Å²) in [4.78, 5) is 12.5. The molecule has 1 heterocycles. The van der Waals surface area contributed by atoms with Gasteiger partial charge in [0, 0.05) is 6.54 Å². The molecule has 0 bridgehead atoms. The van der Waals surface area contributed by atoms with E-state index >= 15 is 0 Å². The largest absolute Gasteiger partial charge is 0.490 e. The second-order valence-corrected chi connectivity index (χ2v) is 7.61. The smallest absolute Gasteiger partial charge is 0.287 e. The molecule has 32 heavy (non-hydrogen) atoms. The van der Waals surface area contributed by atoms with Crippen LogP contribution in [0.4, 0.5) is 0 Å². The third kappa shape index (κ3) is 6.30. The molecule has 0 atom stereocenters. The van der Waals surface area contributed by atoms with Crippen LogP contribution < -0.4 is 19.5 Å². The van der Waals surface area contributed by atoms with Gasteiger partial charge in [0.1, 0.15) is 18.1 Å². The van der Waals surface area contributed by atoms with E-state index in [4.69, 9.17) is 18.6 Å². The van der Waals surface area contributed by atoms with Gasteiger partial charge in [-0.2, -0.15) is 0 Å². The van der Waals surface area contributed by atoms with Gasteiger partial charge in [-0.1, -0.05) is 32.0 Å². The molecule has 0 unspecified atom stereocenters. The fourth-order valence-corrected chi connectivity index (χ4v) is 3.16. The number of amides is 1. The Morgan fingerprint density at radius 1 is 0.906 bits per heavy atom. The van der Waals surface area contributed by atoms with Crippen molar-refractivity contribution in [3.63, 3.8) is 0 Å². The molecular weight excluding hydrogens is 406 g/mol. The number of hydrogen-bond donors (Lipinski definition) is 1. The summed E-state index contributed by atoms with van der Waals surface area (Å²) in [5, 5.41) is 2.87. The number of carbonyl (C=O) groups excluding carboxylic acids is 1. The third-order valence-corrected chi connectivity index (χ3v) is 4.87. The van der Waals surface area contributed by atoms with Crippen LogP contribution in [0.1, 0.15) is 61.1 Å². The van der Waals surface area contributed by atoms with Crippen molar-refractivity contribution in [3.05, 3.63) is 77.2 Å². The van der Waals surface area contributed by atoms with Gasteiger partial charge >= 0.3 is 0 Å². The lowest BCUT2D eigenvalue weighted by Crippen LogP contribution is -2.22. The van der Waals surface area contributed by atoms with E-state index in [9.17, 15) is 4.79 Å². The first kappa shape index (κ1) is 23.3. The van der Waals surface area contributed by atoms with Crippen molar-refractivity contribution < 1.29 is 23.4 Å². The van der Waals surface area contributed by atoms with Gasteiger partial charge in [-0.05, 0) is 67.3 Å². The SMILES string of the molecule is CCOc1ccc(CNC(=O)c2ccc(COc3ccc(C(C)C)cc3)o2)cc1OCC. The molecule has 0 saturated heterocycles. The van der Waals surface area contributed by atoms with E-state index in [1.165, 1.54) is 5.56 Å². The quantitative estimate of drug-likeness (QED) is 0.416. The Balaban J connectivity index is 1.53. The molecular formula is C26H31NO5. The van der Waals surface area contributed by atoms with Crippen molar-refractivity contribution in [1.29, 1.82) is 0 Å². The Hall–Kier alpha value is -3.41. The van der Waals surface area contributed by atoms with Gasteiger partial charge in [0.25, 0.3) is 5.91 Å². The molecule has 0 aliphatic heterocycles. The molecule has 1 aromatic heterocycles. The normalized spacial score (nSPS) is 10.8. The zero-order valence-electron chi connectivity index (χ0n) is 19.1. The lowest BCUT2D eigenvalue weighted by molar-refractivity contribution is 0.0919. The Labute approximate surface area is 189 Å². The molecule has 3 rings (SSSR count). The fourth-order valence-electron chi connectivity index (χ4n) is 3.16. The van der Waals surface area contributed by atoms with Crippen LogP contribution in [0, 0.1) is 0 Å². The highest BCUT2D eigenvalue weighted by Gasteiger charge is 2.13. The van der Waals surface area contributed by atoms with Crippen molar-refractivity contribution >= 4 is 5.91 Å². The molecule has 1 N–H and O–H groups in total. The van der Waals surface area contributed by atoms with E-state index in [-0.39, 0.29) is 18.3 Å². The number of nitrogens with one attached hydrogen (secondary N) is 1. The maximum atomic E-state index is 12.5. The summed E-state index contributed by atoms with van der Waals surface area (Å²) in [6.07, 6.45) is 0. The molecule has 0 aliphatic carbocycles. The lowest BCUT2D eigenvalue weighted by Gasteiger charge is -2.12. The first-order valence-electron chi connectivity index (χ1n) is 11.0.